The van der Waals surface area contributed by atoms with Gasteiger partial charge in [-0.15, -0.1) is 0 Å². The summed E-state index contributed by atoms with van der Waals surface area (Å²) in [6.07, 6.45) is 1.53. The Morgan fingerprint density at radius 2 is 1.94 bits per heavy atom. The number of likely N-dealkylation sites (tertiary alicyclic amines) is 1. The zero-order valence-electron chi connectivity index (χ0n) is 10.9. The van der Waals surface area contributed by atoms with Crippen molar-refractivity contribution in [2.24, 2.45) is 5.41 Å². The number of nitriles is 1. The van der Waals surface area contributed by atoms with Gasteiger partial charge in [-0.2, -0.15) is 5.26 Å². The molecular weight excluding hydrogens is 224 g/mol. The van der Waals surface area contributed by atoms with Crippen LogP contribution >= 0.6 is 0 Å². The molecule has 0 atom stereocenters. The van der Waals surface area contributed by atoms with Crippen LogP contribution in [-0.2, 0) is 0 Å². The molecule has 1 aliphatic rings. The van der Waals surface area contributed by atoms with Crippen LogP contribution in [-0.4, -0.2) is 23.9 Å². The monoisotopic (exact) mass is 242 g/mol. The van der Waals surface area contributed by atoms with E-state index in [1.807, 2.05) is 43.0 Å². The molecule has 0 saturated carbocycles. The van der Waals surface area contributed by atoms with Gasteiger partial charge in [0.05, 0.1) is 11.5 Å². The summed E-state index contributed by atoms with van der Waals surface area (Å²) in [6.45, 7) is 5.29. The number of carbonyl (C=O) groups excluding carboxylic acids is 1. The molecule has 1 aliphatic heterocycles. The van der Waals surface area contributed by atoms with E-state index in [2.05, 4.69) is 6.07 Å². The first-order valence-electron chi connectivity index (χ1n) is 6.32. The molecule has 94 valence electrons. The lowest BCUT2D eigenvalue weighted by molar-refractivity contribution is 0.0661. The van der Waals surface area contributed by atoms with Crippen molar-refractivity contribution >= 4 is 5.91 Å². The highest BCUT2D eigenvalue weighted by molar-refractivity contribution is 5.95. The molecule has 0 N–H and O–H groups in total. The summed E-state index contributed by atoms with van der Waals surface area (Å²) >= 11 is 0. The number of amides is 1. The topological polar surface area (TPSA) is 44.1 Å². The first-order chi connectivity index (χ1) is 8.56. The van der Waals surface area contributed by atoms with Crippen LogP contribution in [0.5, 0.6) is 0 Å². The Bertz CT molecular complexity index is 493. The van der Waals surface area contributed by atoms with Gasteiger partial charge in [0, 0.05) is 18.7 Å². The second kappa shape index (κ2) is 4.81. The molecule has 3 heteroatoms. The Morgan fingerprint density at radius 1 is 1.33 bits per heavy atom. The fourth-order valence-electron chi connectivity index (χ4n) is 2.30. The molecule has 0 unspecified atom stereocenters. The van der Waals surface area contributed by atoms with Crippen molar-refractivity contribution in [1.82, 2.24) is 4.90 Å². The summed E-state index contributed by atoms with van der Waals surface area (Å²) in [4.78, 5) is 14.2. The summed E-state index contributed by atoms with van der Waals surface area (Å²) in [5.41, 5.74) is 1.52. The molecule has 0 aromatic heterocycles. The fraction of sp³-hybridized carbons (Fsp3) is 0.467. The molecule has 0 radical (unpaired) electrons. The number of rotatable bonds is 1. The first-order valence-corrected chi connectivity index (χ1v) is 6.32. The molecule has 1 saturated heterocycles. The van der Waals surface area contributed by atoms with Crippen molar-refractivity contribution in [2.75, 3.05) is 13.1 Å². The maximum absolute atomic E-state index is 12.4. The first kappa shape index (κ1) is 12.6. The zero-order valence-corrected chi connectivity index (χ0v) is 10.9. The fourth-order valence-corrected chi connectivity index (χ4v) is 2.30. The van der Waals surface area contributed by atoms with E-state index >= 15 is 0 Å². The van der Waals surface area contributed by atoms with Gasteiger partial charge in [-0.05, 0) is 38.3 Å². The van der Waals surface area contributed by atoms with Crippen LogP contribution in [0.2, 0.25) is 0 Å². The second-order valence-electron chi connectivity index (χ2n) is 5.28. The molecule has 0 bridgehead atoms. The Balaban J connectivity index is 2.10. The van der Waals surface area contributed by atoms with E-state index in [0.29, 0.717) is 13.1 Å². The average molecular weight is 242 g/mol. The van der Waals surface area contributed by atoms with Crippen LogP contribution < -0.4 is 0 Å². The van der Waals surface area contributed by atoms with Crippen LogP contribution in [0, 0.1) is 23.7 Å². The molecule has 1 aromatic carbocycles. The SMILES string of the molecule is Cc1ccccc1C(=O)N1CCC(C)(C#N)CC1. The van der Waals surface area contributed by atoms with Crippen molar-refractivity contribution in [2.45, 2.75) is 26.7 Å². The highest BCUT2D eigenvalue weighted by atomic mass is 16.2. The highest BCUT2D eigenvalue weighted by Gasteiger charge is 2.32. The molecular formula is C15H18N2O. The predicted molar refractivity (Wildman–Crippen MR) is 70.0 cm³/mol. The molecule has 1 amide bonds. The molecule has 3 nitrogen and oxygen atoms in total. The van der Waals surface area contributed by atoms with Gasteiger partial charge in [-0.25, -0.2) is 0 Å². The molecule has 1 fully saturated rings. The van der Waals surface area contributed by atoms with Crippen molar-refractivity contribution in [1.29, 1.82) is 5.26 Å². The lowest BCUT2D eigenvalue weighted by atomic mass is 9.82. The van der Waals surface area contributed by atoms with Gasteiger partial charge in [-0.1, -0.05) is 18.2 Å². The van der Waals surface area contributed by atoms with Gasteiger partial charge in [0.2, 0.25) is 0 Å². The summed E-state index contributed by atoms with van der Waals surface area (Å²) in [5.74, 6) is 0.0908. The smallest absolute Gasteiger partial charge is 0.254 e. The van der Waals surface area contributed by atoms with E-state index in [1.54, 1.807) is 0 Å². The zero-order chi connectivity index (χ0) is 13.2. The van der Waals surface area contributed by atoms with E-state index in [1.165, 1.54) is 0 Å². The number of benzene rings is 1. The molecule has 18 heavy (non-hydrogen) atoms. The normalized spacial score (nSPS) is 18.2. The lowest BCUT2D eigenvalue weighted by Gasteiger charge is -2.35. The molecule has 0 spiro atoms. The van der Waals surface area contributed by atoms with Gasteiger partial charge in [0.25, 0.3) is 5.91 Å². The van der Waals surface area contributed by atoms with Crippen LogP contribution in [0.1, 0.15) is 35.7 Å². The number of aryl methyl sites for hydroxylation is 1. The van der Waals surface area contributed by atoms with Crippen molar-refractivity contribution in [3.8, 4) is 6.07 Å². The van der Waals surface area contributed by atoms with E-state index in [9.17, 15) is 4.79 Å². The second-order valence-corrected chi connectivity index (χ2v) is 5.28. The minimum Gasteiger partial charge on any atom is -0.339 e. The molecule has 1 heterocycles. The number of nitrogens with zero attached hydrogens (tertiary/aromatic N) is 2. The van der Waals surface area contributed by atoms with Crippen LogP contribution in [0.25, 0.3) is 0 Å². The molecule has 0 aliphatic carbocycles. The van der Waals surface area contributed by atoms with Gasteiger partial charge in [-0.3, -0.25) is 4.79 Å². The Morgan fingerprint density at radius 3 is 2.50 bits per heavy atom. The molecule has 1 aromatic rings. The third-order valence-corrected chi connectivity index (χ3v) is 3.80. The van der Waals surface area contributed by atoms with Gasteiger partial charge >= 0.3 is 0 Å². The number of piperidine rings is 1. The lowest BCUT2D eigenvalue weighted by Crippen LogP contribution is -2.41. The minimum atomic E-state index is -0.261. The Labute approximate surface area is 108 Å². The standard InChI is InChI=1S/C15H18N2O/c1-12-5-3-4-6-13(12)14(18)17-9-7-15(2,11-16)8-10-17/h3-6H,7-10H2,1-2H3. The summed E-state index contributed by atoms with van der Waals surface area (Å²) in [6, 6.07) is 10.0. The third kappa shape index (κ3) is 2.38. The van der Waals surface area contributed by atoms with Crippen LogP contribution in [0.3, 0.4) is 0 Å². The van der Waals surface area contributed by atoms with E-state index in [-0.39, 0.29) is 11.3 Å². The number of hydrogen-bond acceptors (Lipinski definition) is 2. The molecule has 2 rings (SSSR count). The summed E-state index contributed by atoms with van der Waals surface area (Å²) < 4.78 is 0. The quantitative estimate of drug-likeness (QED) is 0.760. The van der Waals surface area contributed by atoms with Gasteiger partial charge in [0.15, 0.2) is 0 Å². The summed E-state index contributed by atoms with van der Waals surface area (Å²) in [7, 11) is 0. The predicted octanol–water partition coefficient (Wildman–Crippen LogP) is 2.76. The minimum absolute atomic E-state index is 0.0908. The summed E-state index contributed by atoms with van der Waals surface area (Å²) in [5, 5.41) is 9.08. The van der Waals surface area contributed by atoms with E-state index in [4.69, 9.17) is 5.26 Å². The van der Waals surface area contributed by atoms with Crippen molar-refractivity contribution in [3.63, 3.8) is 0 Å². The maximum Gasteiger partial charge on any atom is 0.254 e. The highest BCUT2D eigenvalue weighted by Crippen LogP contribution is 2.30. The Hall–Kier alpha value is -1.82. The van der Waals surface area contributed by atoms with Crippen molar-refractivity contribution in [3.05, 3.63) is 35.4 Å². The third-order valence-electron chi connectivity index (χ3n) is 3.80. The van der Waals surface area contributed by atoms with Crippen molar-refractivity contribution < 1.29 is 4.79 Å². The largest absolute Gasteiger partial charge is 0.339 e. The van der Waals surface area contributed by atoms with E-state index in [0.717, 1.165) is 24.0 Å². The van der Waals surface area contributed by atoms with E-state index < -0.39 is 0 Å². The van der Waals surface area contributed by atoms with Gasteiger partial charge < -0.3 is 4.90 Å². The Kier molecular flexibility index (Phi) is 3.38. The number of carbonyl (C=O) groups is 1. The van der Waals surface area contributed by atoms with Crippen LogP contribution in [0.4, 0.5) is 0 Å². The average Bonchev–Trinajstić information content (AvgIpc) is 2.39. The number of hydrogen-bond donors (Lipinski definition) is 0. The van der Waals surface area contributed by atoms with Crippen LogP contribution in [0.15, 0.2) is 24.3 Å². The maximum atomic E-state index is 12.4. The van der Waals surface area contributed by atoms with Gasteiger partial charge in [0.1, 0.15) is 0 Å².